The summed E-state index contributed by atoms with van der Waals surface area (Å²) in [6, 6.07) is 11.6. The van der Waals surface area contributed by atoms with Crippen LogP contribution in [0.25, 0.3) is 0 Å². The van der Waals surface area contributed by atoms with Gasteiger partial charge in [0.05, 0.1) is 17.7 Å². The number of alkyl halides is 3. The molecule has 0 spiro atoms. The number of hydrogen-bond donors (Lipinski definition) is 2. The smallest absolute Gasteiger partial charge is 0.416 e. The lowest BCUT2D eigenvalue weighted by Crippen LogP contribution is -2.30. The number of nitrogens with two attached hydrogens (primary N) is 1. The van der Waals surface area contributed by atoms with Gasteiger partial charge in [-0.25, -0.2) is 13.2 Å². The van der Waals surface area contributed by atoms with E-state index < -0.39 is 46.7 Å². The summed E-state index contributed by atoms with van der Waals surface area (Å²) in [4.78, 5) is 13.1. The summed E-state index contributed by atoms with van der Waals surface area (Å²) in [7, 11) is 0. The van der Waals surface area contributed by atoms with Gasteiger partial charge in [-0.05, 0) is 42.8 Å². The zero-order chi connectivity index (χ0) is 27.3. The van der Waals surface area contributed by atoms with Crippen molar-refractivity contribution >= 4 is 23.5 Å². The van der Waals surface area contributed by atoms with Gasteiger partial charge in [0, 0.05) is 23.9 Å². The first-order valence-corrected chi connectivity index (χ1v) is 11.1. The number of nitrogens with zero attached hydrogens (tertiary/aromatic N) is 1. The Morgan fingerprint density at radius 3 is 2.38 bits per heavy atom. The standard InChI is InChI=1S/C25H21ClF5N3O3/c1-2-36-22(24(35)34(26)13-14-6-8-15(9-7-14)23(32)33)20-18(27)10-11-19(21(20)28)37-17-5-3-4-16(12-17)25(29,30)31/h3-12,22H,2,13H2,1H3,(H3,32,33). The summed E-state index contributed by atoms with van der Waals surface area (Å²) in [5.74, 6) is -4.59. The average Bonchev–Trinajstić information content (AvgIpc) is 2.85. The number of ether oxygens (including phenoxy) is 2. The molecule has 1 unspecified atom stereocenters. The Labute approximate surface area is 214 Å². The zero-order valence-electron chi connectivity index (χ0n) is 19.3. The molecule has 0 saturated carbocycles. The van der Waals surface area contributed by atoms with Gasteiger partial charge in [-0.3, -0.25) is 10.2 Å². The van der Waals surface area contributed by atoms with Crippen LogP contribution in [0.5, 0.6) is 11.5 Å². The molecule has 0 bridgehead atoms. The molecule has 3 N–H and O–H groups in total. The molecule has 1 amide bonds. The lowest BCUT2D eigenvalue weighted by Gasteiger charge is -2.23. The SMILES string of the molecule is CCOC(C(=O)N(Cl)Cc1ccc(C(=N)N)cc1)c1c(F)ccc(Oc2cccc(C(F)(F)F)c2)c1F. The molecule has 3 aromatic carbocycles. The van der Waals surface area contributed by atoms with Gasteiger partial charge in [0.15, 0.2) is 17.7 Å². The highest BCUT2D eigenvalue weighted by atomic mass is 35.5. The number of nitrogen functional groups attached to an aromatic ring is 1. The molecule has 37 heavy (non-hydrogen) atoms. The van der Waals surface area contributed by atoms with E-state index in [0.717, 1.165) is 24.3 Å². The van der Waals surface area contributed by atoms with E-state index in [-0.39, 0.29) is 24.7 Å². The number of amides is 1. The minimum Gasteiger partial charge on any atom is -0.454 e. The van der Waals surface area contributed by atoms with Gasteiger partial charge in [0.1, 0.15) is 17.4 Å². The molecule has 3 aromatic rings. The fourth-order valence-corrected chi connectivity index (χ4v) is 3.56. The molecule has 3 rings (SSSR count). The van der Waals surface area contributed by atoms with Gasteiger partial charge in [0.2, 0.25) is 0 Å². The number of carbonyl (C=O) groups is 1. The fraction of sp³-hybridized carbons (Fsp3) is 0.200. The van der Waals surface area contributed by atoms with Crippen LogP contribution in [-0.4, -0.2) is 22.8 Å². The van der Waals surface area contributed by atoms with Gasteiger partial charge in [0.25, 0.3) is 5.91 Å². The molecule has 196 valence electrons. The first-order chi connectivity index (χ1) is 17.4. The zero-order valence-corrected chi connectivity index (χ0v) is 20.0. The maximum Gasteiger partial charge on any atom is 0.416 e. The highest BCUT2D eigenvalue weighted by Crippen LogP contribution is 2.36. The molecule has 0 fully saturated rings. The first kappa shape index (κ1) is 27.9. The number of halogens is 6. The molecule has 0 aliphatic carbocycles. The van der Waals surface area contributed by atoms with E-state index in [1.165, 1.54) is 13.0 Å². The summed E-state index contributed by atoms with van der Waals surface area (Å²) < 4.78 is 80.4. The normalized spacial score (nSPS) is 12.2. The minimum absolute atomic E-state index is 0.119. The quantitative estimate of drug-likeness (QED) is 0.144. The van der Waals surface area contributed by atoms with E-state index in [1.54, 1.807) is 24.3 Å². The van der Waals surface area contributed by atoms with Gasteiger partial charge < -0.3 is 15.2 Å². The van der Waals surface area contributed by atoms with E-state index in [2.05, 4.69) is 0 Å². The molecular weight excluding hydrogens is 521 g/mol. The number of hydrogen-bond acceptors (Lipinski definition) is 4. The number of amidine groups is 1. The van der Waals surface area contributed by atoms with Gasteiger partial charge in [-0.2, -0.15) is 13.2 Å². The monoisotopic (exact) mass is 541 g/mol. The Balaban J connectivity index is 1.89. The molecule has 0 aliphatic rings. The lowest BCUT2D eigenvalue weighted by molar-refractivity contribution is -0.140. The van der Waals surface area contributed by atoms with Crippen LogP contribution in [0.15, 0.2) is 60.7 Å². The second-order valence-electron chi connectivity index (χ2n) is 7.71. The van der Waals surface area contributed by atoms with Crippen molar-refractivity contribution in [2.75, 3.05) is 6.61 Å². The predicted molar refractivity (Wildman–Crippen MR) is 126 cm³/mol. The predicted octanol–water partition coefficient (Wildman–Crippen LogP) is 6.32. The van der Waals surface area contributed by atoms with Crippen LogP contribution in [0.4, 0.5) is 22.0 Å². The Morgan fingerprint density at radius 1 is 1.11 bits per heavy atom. The van der Waals surface area contributed by atoms with Crippen LogP contribution in [0.1, 0.15) is 35.3 Å². The number of carbonyl (C=O) groups excluding carboxylic acids is 1. The third-order valence-electron chi connectivity index (χ3n) is 5.13. The van der Waals surface area contributed by atoms with Crippen LogP contribution in [0.2, 0.25) is 0 Å². The summed E-state index contributed by atoms with van der Waals surface area (Å²) in [6.07, 6.45) is -6.47. The number of nitrogens with one attached hydrogen (secondary N) is 1. The average molecular weight is 542 g/mol. The molecule has 0 heterocycles. The Hall–Kier alpha value is -3.70. The van der Waals surface area contributed by atoms with Crippen molar-refractivity contribution in [3.05, 3.63) is 94.6 Å². The van der Waals surface area contributed by atoms with Crippen molar-refractivity contribution in [3.63, 3.8) is 0 Å². The second kappa shape index (κ2) is 11.6. The first-order valence-electron chi connectivity index (χ1n) is 10.8. The summed E-state index contributed by atoms with van der Waals surface area (Å²) >= 11 is 6.14. The van der Waals surface area contributed by atoms with Crippen molar-refractivity contribution in [2.24, 2.45) is 5.73 Å². The van der Waals surface area contributed by atoms with E-state index in [4.69, 9.17) is 32.4 Å². The molecule has 0 radical (unpaired) electrons. The van der Waals surface area contributed by atoms with Crippen LogP contribution >= 0.6 is 11.8 Å². The number of rotatable bonds is 9. The van der Waals surface area contributed by atoms with Crippen molar-refractivity contribution in [2.45, 2.75) is 25.7 Å². The number of benzene rings is 3. The third kappa shape index (κ3) is 6.75. The van der Waals surface area contributed by atoms with Crippen LogP contribution < -0.4 is 10.5 Å². The highest BCUT2D eigenvalue weighted by molar-refractivity contribution is 6.21. The second-order valence-corrected chi connectivity index (χ2v) is 8.11. The van der Waals surface area contributed by atoms with Crippen LogP contribution in [0, 0.1) is 17.0 Å². The topological polar surface area (TPSA) is 88.6 Å². The van der Waals surface area contributed by atoms with Crippen molar-refractivity contribution < 1.29 is 36.2 Å². The van der Waals surface area contributed by atoms with E-state index in [9.17, 15) is 22.4 Å². The van der Waals surface area contributed by atoms with Crippen LogP contribution in [-0.2, 0) is 22.3 Å². The molecular formula is C25H21ClF5N3O3. The Morgan fingerprint density at radius 2 is 1.78 bits per heavy atom. The minimum atomic E-state index is -4.66. The highest BCUT2D eigenvalue weighted by Gasteiger charge is 2.34. The van der Waals surface area contributed by atoms with Crippen molar-refractivity contribution in [1.29, 1.82) is 5.41 Å². The molecule has 6 nitrogen and oxygen atoms in total. The maximum atomic E-state index is 15.4. The fourth-order valence-electron chi connectivity index (χ4n) is 3.33. The lowest BCUT2D eigenvalue weighted by atomic mass is 10.1. The Bertz CT molecular complexity index is 1290. The largest absolute Gasteiger partial charge is 0.454 e. The van der Waals surface area contributed by atoms with E-state index in [0.29, 0.717) is 21.6 Å². The molecule has 0 saturated heterocycles. The van der Waals surface area contributed by atoms with E-state index in [1.807, 2.05) is 0 Å². The van der Waals surface area contributed by atoms with Crippen molar-refractivity contribution in [1.82, 2.24) is 4.42 Å². The molecule has 0 aliphatic heterocycles. The summed E-state index contributed by atoms with van der Waals surface area (Å²) in [5, 5.41) is 7.42. The van der Waals surface area contributed by atoms with Gasteiger partial charge in [-0.1, -0.05) is 30.3 Å². The Kier molecular flexibility index (Phi) is 8.72. The molecule has 0 aromatic heterocycles. The van der Waals surface area contributed by atoms with E-state index >= 15 is 4.39 Å². The third-order valence-corrected chi connectivity index (χ3v) is 5.41. The summed E-state index contributed by atoms with van der Waals surface area (Å²) in [5.41, 5.74) is 4.56. The van der Waals surface area contributed by atoms with Crippen LogP contribution in [0.3, 0.4) is 0 Å². The summed E-state index contributed by atoms with van der Waals surface area (Å²) in [6.45, 7) is 1.20. The molecule has 12 heteroatoms. The van der Waals surface area contributed by atoms with Crippen molar-refractivity contribution in [3.8, 4) is 11.5 Å². The molecule has 1 atom stereocenters. The maximum absolute atomic E-state index is 15.4. The van der Waals surface area contributed by atoms with Gasteiger partial charge >= 0.3 is 6.18 Å². The van der Waals surface area contributed by atoms with Gasteiger partial charge in [-0.15, -0.1) is 0 Å².